The molecule has 20 heavy (non-hydrogen) atoms. The van der Waals surface area contributed by atoms with E-state index in [4.69, 9.17) is 23.2 Å². The van der Waals surface area contributed by atoms with Crippen LogP contribution in [-0.2, 0) is 5.41 Å². The summed E-state index contributed by atoms with van der Waals surface area (Å²) < 4.78 is 1.43. The lowest BCUT2D eigenvalue weighted by molar-refractivity contribution is 0.0687. The highest BCUT2D eigenvalue weighted by atomic mass is 35.5. The first-order valence-electron chi connectivity index (χ1n) is 5.86. The van der Waals surface area contributed by atoms with Crippen LogP contribution in [0.25, 0.3) is 5.69 Å². The van der Waals surface area contributed by atoms with Crippen LogP contribution in [-0.4, -0.2) is 26.1 Å². The zero-order valence-corrected chi connectivity index (χ0v) is 12.7. The Kier molecular flexibility index (Phi) is 3.75. The molecule has 2 aromatic rings. The van der Waals surface area contributed by atoms with E-state index in [0.29, 0.717) is 21.4 Å². The van der Waals surface area contributed by atoms with Gasteiger partial charge in [0.15, 0.2) is 5.69 Å². The zero-order valence-electron chi connectivity index (χ0n) is 11.2. The molecule has 0 atom stereocenters. The lowest BCUT2D eigenvalue weighted by atomic mass is 9.90. The highest BCUT2D eigenvalue weighted by Gasteiger charge is 2.30. The maximum absolute atomic E-state index is 11.3. The summed E-state index contributed by atoms with van der Waals surface area (Å²) in [7, 11) is 0. The summed E-state index contributed by atoms with van der Waals surface area (Å²) in [4.78, 5) is 11.3. The minimum absolute atomic E-state index is 0.0893. The van der Waals surface area contributed by atoms with Gasteiger partial charge in [0.25, 0.3) is 0 Å². The SMILES string of the molecule is CC(C)(C)c1c(C(=O)O)nnn1-c1cc(Cl)ccc1Cl. The number of carbonyl (C=O) groups is 1. The van der Waals surface area contributed by atoms with Crippen LogP contribution in [0, 0.1) is 0 Å². The van der Waals surface area contributed by atoms with Crippen molar-refractivity contribution in [1.29, 1.82) is 0 Å². The van der Waals surface area contributed by atoms with Crippen molar-refractivity contribution in [3.8, 4) is 5.69 Å². The van der Waals surface area contributed by atoms with Crippen LogP contribution in [0.1, 0.15) is 37.0 Å². The molecular formula is C13H13Cl2N3O2. The Morgan fingerprint density at radius 1 is 1.30 bits per heavy atom. The van der Waals surface area contributed by atoms with Crippen LogP contribution in [0.2, 0.25) is 10.0 Å². The fourth-order valence-corrected chi connectivity index (χ4v) is 2.28. The molecule has 0 aliphatic carbocycles. The summed E-state index contributed by atoms with van der Waals surface area (Å²) in [5, 5.41) is 17.8. The molecule has 0 saturated carbocycles. The Balaban J connectivity index is 2.75. The maximum Gasteiger partial charge on any atom is 0.358 e. The van der Waals surface area contributed by atoms with E-state index in [-0.39, 0.29) is 5.69 Å². The second-order valence-electron chi connectivity index (χ2n) is 5.35. The second-order valence-corrected chi connectivity index (χ2v) is 6.19. The van der Waals surface area contributed by atoms with Gasteiger partial charge in [-0.3, -0.25) is 0 Å². The smallest absolute Gasteiger partial charge is 0.358 e. The van der Waals surface area contributed by atoms with Gasteiger partial charge < -0.3 is 5.11 Å². The van der Waals surface area contributed by atoms with Gasteiger partial charge >= 0.3 is 5.97 Å². The van der Waals surface area contributed by atoms with Crippen LogP contribution < -0.4 is 0 Å². The molecule has 0 radical (unpaired) electrons. The highest BCUT2D eigenvalue weighted by Crippen LogP contribution is 2.31. The van der Waals surface area contributed by atoms with E-state index >= 15 is 0 Å². The van der Waals surface area contributed by atoms with Crippen molar-refractivity contribution in [1.82, 2.24) is 15.0 Å². The number of halogens is 2. The molecule has 0 aliphatic rings. The number of rotatable bonds is 2. The standard InChI is InChI=1S/C13H13Cl2N3O2/c1-13(2,3)11-10(12(19)20)16-17-18(11)9-6-7(14)4-5-8(9)15/h4-6H,1-3H3,(H,19,20). The van der Waals surface area contributed by atoms with E-state index in [9.17, 15) is 9.90 Å². The Labute approximate surface area is 126 Å². The number of hydrogen-bond acceptors (Lipinski definition) is 3. The van der Waals surface area contributed by atoms with Crippen LogP contribution in [0.3, 0.4) is 0 Å². The summed E-state index contributed by atoms with van der Waals surface area (Å²) in [6.45, 7) is 5.65. The molecule has 1 N–H and O–H groups in total. The zero-order chi connectivity index (χ0) is 15.1. The Hall–Kier alpha value is -1.59. The first-order valence-corrected chi connectivity index (χ1v) is 6.62. The van der Waals surface area contributed by atoms with Crippen molar-refractivity contribution in [2.45, 2.75) is 26.2 Å². The molecule has 1 aromatic heterocycles. The monoisotopic (exact) mass is 313 g/mol. The molecule has 0 saturated heterocycles. The number of benzene rings is 1. The summed E-state index contributed by atoms with van der Waals surface area (Å²) in [5.41, 5.74) is 0.412. The fourth-order valence-electron chi connectivity index (χ4n) is 1.92. The Morgan fingerprint density at radius 2 is 1.95 bits per heavy atom. The predicted molar refractivity (Wildman–Crippen MR) is 77.0 cm³/mol. The van der Waals surface area contributed by atoms with Gasteiger partial charge in [-0.15, -0.1) is 5.10 Å². The van der Waals surface area contributed by atoms with Crippen molar-refractivity contribution in [2.75, 3.05) is 0 Å². The molecule has 5 nitrogen and oxygen atoms in total. The van der Waals surface area contributed by atoms with Gasteiger partial charge in [-0.2, -0.15) is 0 Å². The molecule has 106 valence electrons. The van der Waals surface area contributed by atoms with E-state index < -0.39 is 11.4 Å². The molecule has 2 rings (SSSR count). The van der Waals surface area contributed by atoms with Gasteiger partial charge in [0.2, 0.25) is 0 Å². The van der Waals surface area contributed by atoms with Crippen LogP contribution >= 0.6 is 23.2 Å². The number of nitrogens with zero attached hydrogens (tertiary/aromatic N) is 3. The minimum atomic E-state index is -1.13. The largest absolute Gasteiger partial charge is 0.476 e. The predicted octanol–water partition coefficient (Wildman–Crippen LogP) is 3.57. The van der Waals surface area contributed by atoms with Gasteiger partial charge in [-0.05, 0) is 18.2 Å². The summed E-state index contributed by atoms with van der Waals surface area (Å²) in [6.07, 6.45) is 0. The molecule has 0 spiro atoms. The number of aromatic carboxylic acids is 1. The van der Waals surface area contributed by atoms with Gasteiger partial charge in [0, 0.05) is 10.4 Å². The third-order valence-electron chi connectivity index (χ3n) is 2.72. The quantitative estimate of drug-likeness (QED) is 0.920. The lowest BCUT2D eigenvalue weighted by Crippen LogP contribution is -2.21. The first kappa shape index (κ1) is 14.8. The van der Waals surface area contributed by atoms with Crippen molar-refractivity contribution >= 4 is 29.2 Å². The Morgan fingerprint density at radius 3 is 2.50 bits per heavy atom. The van der Waals surface area contributed by atoms with Crippen molar-refractivity contribution in [3.63, 3.8) is 0 Å². The number of aromatic nitrogens is 3. The van der Waals surface area contributed by atoms with E-state index in [0.717, 1.165) is 0 Å². The van der Waals surface area contributed by atoms with Crippen molar-refractivity contribution < 1.29 is 9.90 Å². The molecule has 0 aliphatic heterocycles. The summed E-state index contributed by atoms with van der Waals surface area (Å²) in [5.74, 6) is -1.13. The van der Waals surface area contributed by atoms with E-state index in [1.807, 2.05) is 20.8 Å². The van der Waals surface area contributed by atoms with Gasteiger partial charge in [0.05, 0.1) is 16.4 Å². The Bertz CT molecular complexity index is 675. The molecule has 1 heterocycles. The normalized spacial score (nSPS) is 11.7. The van der Waals surface area contributed by atoms with E-state index in [1.54, 1.807) is 18.2 Å². The van der Waals surface area contributed by atoms with Gasteiger partial charge in [-0.1, -0.05) is 49.2 Å². The lowest BCUT2D eigenvalue weighted by Gasteiger charge is -2.20. The average Bonchev–Trinajstić information content (AvgIpc) is 2.76. The molecule has 7 heteroatoms. The first-order chi connectivity index (χ1) is 9.21. The van der Waals surface area contributed by atoms with Crippen LogP contribution in [0.15, 0.2) is 18.2 Å². The fraction of sp³-hybridized carbons (Fsp3) is 0.308. The third-order valence-corrected chi connectivity index (χ3v) is 3.27. The second kappa shape index (κ2) is 5.07. The van der Waals surface area contributed by atoms with E-state index in [2.05, 4.69) is 10.3 Å². The number of carboxylic acids is 1. The van der Waals surface area contributed by atoms with Gasteiger partial charge in [0.1, 0.15) is 0 Å². The van der Waals surface area contributed by atoms with Crippen molar-refractivity contribution in [2.24, 2.45) is 0 Å². The average molecular weight is 314 g/mol. The minimum Gasteiger partial charge on any atom is -0.476 e. The topological polar surface area (TPSA) is 68.0 Å². The number of carboxylic acid groups (broad SMARTS) is 1. The highest BCUT2D eigenvalue weighted by molar-refractivity contribution is 6.34. The molecule has 1 aromatic carbocycles. The summed E-state index contributed by atoms with van der Waals surface area (Å²) in [6, 6.07) is 4.91. The van der Waals surface area contributed by atoms with Gasteiger partial charge in [-0.25, -0.2) is 9.48 Å². The third kappa shape index (κ3) is 2.64. The molecular weight excluding hydrogens is 301 g/mol. The maximum atomic E-state index is 11.3. The number of hydrogen-bond donors (Lipinski definition) is 1. The molecule has 0 amide bonds. The summed E-state index contributed by atoms with van der Waals surface area (Å²) >= 11 is 12.1. The van der Waals surface area contributed by atoms with E-state index in [1.165, 1.54) is 4.68 Å². The van der Waals surface area contributed by atoms with Crippen LogP contribution in [0.5, 0.6) is 0 Å². The molecule has 0 bridgehead atoms. The van der Waals surface area contributed by atoms with Crippen LogP contribution in [0.4, 0.5) is 0 Å². The molecule has 0 unspecified atom stereocenters. The van der Waals surface area contributed by atoms with Crippen molar-refractivity contribution in [3.05, 3.63) is 39.6 Å². The molecule has 0 fully saturated rings.